The highest BCUT2D eigenvalue weighted by Crippen LogP contribution is 2.24. The SMILES string of the molecule is Cc1cc(F)ccc1-c1nc(=S)c(C(C)C)c(C)[nH]1. The zero-order valence-electron chi connectivity index (χ0n) is 11.5. The Bertz CT molecular complexity index is 674. The van der Waals surface area contributed by atoms with Gasteiger partial charge in [-0.25, -0.2) is 9.37 Å². The summed E-state index contributed by atoms with van der Waals surface area (Å²) >= 11 is 5.37. The monoisotopic (exact) mass is 276 g/mol. The number of hydrogen-bond acceptors (Lipinski definition) is 2. The topological polar surface area (TPSA) is 28.7 Å². The van der Waals surface area contributed by atoms with Crippen molar-refractivity contribution in [2.75, 3.05) is 0 Å². The van der Waals surface area contributed by atoms with Crippen molar-refractivity contribution in [2.45, 2.75) is 33.6 Å². The van der Waals surface area contributed by atoms with Gasteiger partial charge in [0.15, 0.2) is 0 Å². The van der Waals surface area contributed by atoms with Crippen LogP contribution >= 0.6 is 12.2 Å². The maximum atomic E-state index is 13.1. The molecule has 19 heavy (non-hydrogen) atoms. The Morgan fingerprint density at radius 1 is 1.26 bits per heavy atom. The van der Waals surface area contributed by atoms with Crippen molar-refractivity contribution in [3.05, 3.63) is 45.5 Å². The number of nitrogens with zero attached hydrogens (tertiary/aromatic N) is 1. The van der Waals surface area contributed by atoms with Crippen LogP contribution in [-0.4, -0.2) is 9.97 Å². The van der Waals surface area contributed by atoms with Crippen LogP contribution < -0.4 is 0 Å². The summed E-state index contributed by atoms with van der Waals surface area (Å²) in [6.45, 7) is 8.05. The molecule has 1 heterocycles. The van der Waals surface area contributed by atoms with E-state index in [2.05, 4.69) is 23.8 Å². The second-order valence-electron chi connectivity index (χ2n) is 5.04. The number of hydrogen-bond donors (Lipinski definition) is 1. The Balaban J connectivity index is 2.62. The predicted octanol–water partition coefficient (Wildman–Crippen LogP) is 4.69. The summed E-state index contributed by atoms with van der Waals surface area (Å²) in [4.78, 5) is 7.73. The Morgan fingerprint density at radius 3 is 2.47 bits per heavy atom. The molecule has 0 aliphatic heterocycles. The van der Waals surface area contributed by atoms with E-state index >= 15 is 0 Å². The van der Waals surface area contributed by atoms with Crippen LogP contribution in [0, 0.1) is 24.3 Å². The molecule has 0 spiro atoms. The third-order valence-electron chi connectivity index (χ3n) is 3.17. The first-order chi connectivity index (χ1) is 8.90. The molecule has 4 heteroatoms. The number of aromatic amines is 1. The van der Waals surface area contributed by atoms with Gasteiger partial charge in [-0.05, 0) is 43.5 Å². The molecule has 0 saturated heterocycles. The first-order valence-corrected chi connectivity index (χ1v) is 6.68. The molecule has 0 amide bonds. The second kappa shape index (κ2) is 5.21. The fourth-order valence-corrected chi connectivity index (χ4v) is 2.78. The van der Waals surface area contributed by atoms with Crippen LogP contribution in [0.3, 0.4) is 0 Å². The molecule has 0 bridgehead atoms. The number of halogens is 1. The van der Waals surface area contributed by atoms with Crippen molar-refractivity contribution in [3.8, 4) is 11.4 Å². The molecule has 100 valence electrons. The lowest BCUT2D eigenvalue weighted by molar-refractivity contribution is 0.627. The van der Waals surface area contributed by atoms with E-state index in [0.717, 1.165) is 22.4 Å². The molecule has 2 rings (SSSR count). The third-order valence-corrected chi connectivity index (χ3v) is 3.49. The van der Waals surface area contributed by atoms with Crippen LogP contribution in [0.15, 0.2) is 18.2 Å². The quantitative estimate of drug-likeness (QED) is 0.806. The van der Waals surface area contributed by atoms with E-state index in [9.17, 15) is 4.39 Å². The van der Waals surface area contributed by atoms with Crippen LogP contribution in [0.5, 0.6) is 0 Å². The zero-order valence-corrected chi connectivity index (χ0v) is 12.4. The lowest BCUT2D eigenvalue weighted by Gasteiger charge is -2.12. The lowest BCUT2D eigenvalue weighted by Crippen LogP contribution is -2.02. The van der Waals surface area contributed by atoms with E-state index in [1.54, 1.807) is 6.07 Å². The van der Waals surface area contributed by atoms with Crippen molar-refractivity contribution in [1.29, 1.82) is 0 Å². The number of aromatic nitrogens is 2. The number of nitrogens with one attached hydrogen (secondary N) is 1. The minimum atomic E-state index is -0.240. The van der Waals surface area contributed by atoms with E-state index in [0.29, 0.717) is 16.4 Å². The maximum Gasteiger partial charge on any atom is 0.139 e. The largest absolute Gasteiger partial charge is 0.343 e. The molecule has 0 radical (unpaired) electrons. The molecule has 0 saturated carbocycles. The fraction of sp³-hybridized carbons (Fsp3) is 0.333. The van der Waals surface area contributed by atoms with Gasteiger partial charge < -0.3 is 4.98 Å². The van der Waals surface area contributed by atoms with E-state index in [-0.39, 0.29) is 5.82 Å². The predicted molar refractivity (Wildman–Crippen MR) is 78.4 cm³/mol. The highest BCUT2D eigenvalue weighted by Gasteiger charge is 2.11. The fourth-order valence-electron chi connectivity index (χ4n) is 2.30. The summed E-state index contributed by atoms with van der Waals surface area (Å²) in [6.07, 6.45) is 0. The standard InChI is InChI=1S/C15H17FN2S/c1-8(2)13-10(4)17-14(18-15(13)19)12-6-5-11(16)7-9(12)3/h5-8H,1-4H3,(H,17,18,19). The van der Waals surface area contributed by atoms with Gasteiger partial charge >= 0.3 is 0 Å². The normalized spacial score (nSPS) is 11.1. The summed E-state index contributed by atoms with van der Waals surface area (Å²) in [5.74, 6) is 0.791. The minimum Gasteiger partial charge on any atom is -0.343 e. The van der Waals surface area contributed by atoms with Gasteiger partial charge in [0.25, 0.3) is 0 Å². The second-order valence-corrected chi connectivity index (χ2v) is 5.43. The molecular formula is C15H17FN2S. The Hall–Kier alpha value is -1.55. The average Bonchev–Trinajstić information content (AvgIpc) is 2.26. The van der Waals surface area contributed by atoms with Crippen LogP contribution in [0.25, 0.3) is 11.4 Å². The van der Waals surface area contributed by atoms with Crippen LogP contribution in [0.2, 0.25) is 0 Å². The zero-order chi connectivity index (χ0) is 14.2. The van der Waals surface area contributed by atoms with E-state index in [4.69, 9.17) is 12.2 Å². The molecule has 0 unspecified atom stereocenters. The number of aryl methyl sites for hydroxylation is 2. The molecule has 1 aromatic heterocycles. The highest BCUT2D eigenvalue weighted by atomic mass is 32.1. The van der Waals surface area contributed by atoms with Gasteiger partial charge in [-0.1, -0.05) is 26.1 Å². The molecule has 1 N–H and O–H groups in total. The molecule has 0 atom stereocenters. The van der Waals surface area contributed by atoms with E-state index < -0.39 is 0 Å². The van der Waals surface area contributed by atoms with Crippen LogP contribution in [-0.2, 0) is 0 Å². The van der Waals surface area contributed by atoms with E-state index in [1.807, 2.05) is 13.8 Å². The molecule has 2 nitrogen and oxygen atoms in total. The molecule has 2 aromatic rings. The highest BCUT2D eigenvalue weighted by molar-refractivity contribution is 7.71. The third kappa shape index (κ3) is 2.73. The first kappa shape index (κ1) is 13.9. The summed E-state index contributed by atoms with van der Waals surface area (Å²) in [7, 11) is 0. The maximum absolute atomic E-state index is 13.1. The summed E-state index contributed by atoms with van der Waals surface area (Å²) in [5.41, 5.74) is 3.81. The number of benzene rings is 1. The van der Waals surface area contributed by atoms with Crippen LogP contribution in [0.1, 0.15) is 36.6 Å². The van der Waals surface area contributed by atoms with Gasteiger partial charge in [-0.3, -0.25) is 0 Å². The van der Waals surface area contributed by atoms with Crippen LogP contribution in [0.4, 0.5) is 4.39 Å². The number of rotatable bonds is 2. The smallest absolute Gasteiger partial charge is 0.139 e. The van der Waals surface area contributed by atoms with Gasteiger partial charge in [-0.15, -0.1) is 0 Å². The Labute approximate surface area is 117 Å². The molecule has 0 aliphatic rings. The van der Waals surface area contributed by atoms with Gasteiger partial charge in [0.2, 0.25) is 0 Å². The first-order valence-electron chi connectivity index (χ1n) is 6.27. The van der Waals surface area contributed by atoms with E-state index in [1.165, 1.54) is 12.1 Å². The molecule has 0 aliphatic carbocycles. The van der Waals surface area contributed by atoms with Crippen molar-refractivity contribution >= 4 is 12.2 Å². The Kier molecular flexibility index (Phi) is 3.80. The summed E-state index contributed by atoms with van der Waals surface area (Å²) in [5, 5.41) is 0. The van der Waals surface area contributed by atoms with Crippen molar-refractivity contribution in [1.82, 2.24) is 9.97 Å². The van der Waals surface area contributed by atoms with Crippen molar-refractivity contribution < 1.29 is 4.39 Å². The molecule has 1 aromatic carbocycles. The summed E-state index contributed by atoms with van der Waals surface area (Å²) < 4.78 is 13.8. The minimum absolute atomic E-state index is 0.240. The van der Waals surface area contributed by atoms with Gasteiger partial charge in [0, 0.05) is 16.8 Å². The van der Waals surface area contributed by atoms with Gasteiger partial charge in [-0.2, -0.15) is 0 Å². The average molecular weight is 276 g/mol. The van der Waals surface area contributed by atoms with Gasteiger partial charge in [0.05, 0.1) is 0 Å². The number of H-pyrrole nitrogens is 1. The van der Waals surface area contributed by atoms with Crippen molar-refractivity contribution in [2.24, 2.45) is 0 Å². The van der Waals surface area contributed by atoms with Gasteiger partial charge in [0.1, 0.15) is 16.3 Å². The molecular weight excluding hydrogens is 259 g/mol. The summed E-state index contributed by atoms with van der Waals surface area (Å²) in [6, 6.07) is 4.67. The molecule has 0 fully saturated rings. The van der Waals surface area contributed by atoms with Crippen molar-refractivity contribution in [3.63, 3.8) is 0 Å². The Morgan fingerprint density at radius 2 is 1.95 bits per heavy atom. The lowest BCUT2D eigenvalue weighted by atomic mass is 10.0.